The Balaban J connectivity index is 1.51. The molecule has 1 aromatic heterocycles. The third-order valence-corrected chi connectivity index (χ3v) is 7.61. The van der Waals surface area contributed by atoms with E-state index in [0.29, 0.717) is 27.5 Å². The molecule has 0 unspecified atom stereocenters. The van der Waals surface area contributed by atoms with Crippen molar-refractivity contribution < 1.29 is 9.53 Å². The number of anilines is 1. The van der Waals surface area contributed by atoms with Gasteiger partial charge in [-0.2, -0.15) is 0 Å². The van der Waals surface area contributed by atoms with Crippen LogP contribution in [0.3, 0.4) is 0 Å². The van der Waals surface area contributed by atoms with Crippen molar-refractivity contribution in [1.82, 2.24) is 9.55 Å². The van der Waals surface area contributed by atoms with Crippen LogP contribution in [0.5, 0.6) is 5.75 Å². The molecule has 0 atom stereocenters. The summed E-state index contributed by atoms with van der Waals surface area (Å²) in [4.78, 5) is 33.6. The number of ketones is 1. The number of hydrogen-bond donors (Lipinski definition) is 0. The molecule has 0 N–H and O–H groups in total. The SMILES string of the molecule is COc1ccccc1-n1c(SCC(=O)C=C2N(C)c3ccccc3C2(C)C)nc2ccccc2c1=O. The molecule has 0 fully saturated rings. The maximum Gasteiger partial charge on any atom is 0.266 e. The molecular formula is C29H27N3O3S. The number of methoxy groups -OCH3 is 1. The predicted octanol–water partition coefficient (Wildman–Crippen LogP) is 5.37. The number of allylic oxidation sites excluding steroid dienone is 2. The van der Waals surface area contributed by atoms with E-state index in [2.05, 4.69) is 30.9 Å². The van der Waals surface area contributed by atoms with E-state index in [9.17, 15) is 9.59 Å². The second kappa shape index (κ2) is 9.32. The van der Waals surface area contributed by atoms with Gasteiger partial charge in [0.15, 0.2) is 10.9 Å². The fourth-order valence-electron chi connectivity index (χ4n) is 4.82. The lowest BCUT2D eigenvalue weighted by Gasteiger charge is -2.24. The quantitative estimate of drug-likeness (QED) is 0.203. The number of carbonyl (C=O) groups is 1. The number of carbonyl (C=O) groups excluding carboxylic acids is 1. The number of aromatic nitrogens is 2. The molecule has 0 spiro atoms. The highest BCUT2D eigenvalue weighted by Gasteiger charge is 2.38. The van der Waals surface area contributed by atoms with Crippen LogP contribution < -0.4 is 15.2 Å². The fourth-order valence-corrected chi connectivity index (χ4v) is 5.65. The lowest BCUT2D eigenvalue weighted by molar-refractivity contribution is -0.112. The molecule has 0 aliphatic carbocycles. The maximum atomic E-state index is 13.5. The molecular weight excluding hydrogens is 470 g/mol. The van der Waals surface area contributed by atoms with Gasteiger partial charge >= 0.3 is 0 Å². The zero-order valence-electron chi connectivity index (χ0n) is 20.7. The van der Waals surface area contributed by atoms with Gasteiger partial charge in [-0.15, -0.1) is 0 Å². The number of para-hydroxylation sites is 4. The normalized spacial score (nSPS) is 15.3. The molecule has 2 heterocycles. The molecule has 0 bridgehead atoms. The summed E-state index contributed by atoms with van der Waals surface area (Å²) >= 11 is 1.25. The summed E-state index contributed by atoms with van der Waals surface area (Å²) in [6.07, 6.45) is 1.72. The summed E-state index contributed by atoms with van der Waals surface area (Å²) in [6, 6.07) is 22.8. The first kappa shape index (κ1) is 23.9. The monoisotopic (exact) mass is 497 g/mol. The van der Waals surface area contributed by atoms with Gasteiger partial charge < -0.3 is 9.64 Å². The topological polar surface area (TPSA) is 64.4 Å². The molecule has 0 saturated carbocycles. The van der Waals surface area contributed by atoms with E-state index in [1.54, 1.807) is 25.3 Å². The minimum atomic E-state index is -0.285. The van der Waals surface area contributed by atoms with E-state index in [1.807, 2.05) is 55.6 Å². The minimum absolute atomic E-state index is 0.0447. The number of thioether (sulfide) groups is 1. The van der Waals surface area contributed by atoms with Gasteiger partial charge in [-0.1, -0.05) is 68.1 Å². The smallest absolute Gasteiger partial charge is 0.266 e. The second-order valence-corrected chi connectivity index (χ2v) is 10.2. The number of ether oxygens (including phenoxy) is 1. The first-order chi connectivity index (χ1) is 17.3. The average Bonchev–Trinajstić information content (AvgIpc) is 3.08. The van der Waals surface area contributed by atoms with Crippen LogP contribution in [0.25, 0.3) is 16.6 Å². The number of nitrogens with zero attached hydrogens (tertiary/aromatic N) is 3. The Kier molecular flexibility index (Phi) is 6.18. The zero-order chi connectivity index (χ0) is 25.4. The molecule has 0 amide bonds. The van der Waals surface area contributed by atoms with Crippen LogP contribution in [0, 0.1) is 0 Å². The van der Waals surface area contributed by atoms with E-state index in [0.717, 1.165) is 11.4 Å². The number of rotatable bonds is 6. The van der Waals surface area contributed by atoms with Crippen molar-refractivity contribution >= 4 is 34.1 Å². The Hall–Kier alpha value is -3.84. The Bertz CT molecular complexity index is 1570. The van der Waals surface area contributed by atoms with Crippen molar-refractivity contribution in [3.8, 4) is 11.4 Å². The van der Waals surface area contributed by atoms with Gasteiger partial charge in [0.2, 0.25) is 0 Å². The van der Waals surface area contributed by atoms with Crippen LogP contribution >= 0.6 is 11.8 Å². The first-order valence-corrected chi connectivity index (χ1v) is 12.7. The Labute approximate surface area is 214 Å². The van der Waals surface area contributed by atoms with Crippen molar-refractivity contribution in [2.75, 3.05) is 24.8 Å². The second-order valence-electron chi connectivity index (χ2n) is 9.21. The predicted molar refractivity (Wildman–Crippen MR) is 146 cm³/mol. The van der Waals surface area contributed by atoms with Crippen molar-refractivity contribution in [3.63, 3.8) is 0 Å². The van der Waals surface area contributed by atoms with E-state index in [-0.39, 0.29) is 22.5 Å². The lowest BCUT2D eigenvalue weighted by Crippen LogP contribution is -2.24. The molecule has 7 heteroatoms. The number of hydrogen-bond acceptors (Lipinski definition) is 6. The van der Waals surface area contributed by atoms with Crippen molar-refractivity contribution in [2.45, 2.75) is 24.4 Å². The highest BCUT2D eigenvalue weighted by Crippen LogP contribution is 2.46. The summed E-state index contributed by atoms with van der Waals surface area (Å²) in [7, 11) is 3.56. The fraction of sp³-hybridized carbons (Fsp3) is 0.207. The van der Waals surface area contributed by atoms with E-state index >= 15 is 0 Å². The van der Waals surface area contributed by atoms with Gasteiger partial charge in [-0.3, -0.25) is 14.2 Å². The van der Waals surface area contributed by atoms with Gasteiger partial charge in [0, 0.05) is 29.9 Å². The Morgan fingerprint density at radius 2 is 1.67 bits per heavy atom. The molecule has 36 heavy (non-hydrogen) atoms. The Morgan fingerprint density at radius 1 is 1.00 bits per heavy atom. The summed E-state index contributed by atoms with van der Waals surface area (Å²) in [5.41, 5.74) is 3.94. The molecule has 4 aromatic rings. The van der Waals surface area contributed by atoms with Gasteiger partial charge in [0.25, 0.3) is 5.56 Å². The average molecular weight is 498 g/mol. The summed E-state index contributed by atoms with van der Waals surface area (Å²) in [5, 5.41) is 0.950. The summed E-state index contributed by atoms with van der Waals surface area (Å²) in [5.74, 6) is 0.653. The van der Waals surface area contributed by atoms with Crippen LogP contribution in [-0.2, 0) is 10.2 Å². The standard InChI is InChI=1S/C29H27N3O3S/c1-29(2)21-12-6-8-14-23(21)31(3)26(29)17-19(33)18-36-28-30-22-13-7-5-11-20(22)27(34)32(28)24-15-9-10-16-25(24)35-4/h5-17H,18H2,1-4H3. The molecule has 0 saturated heterocycles. The zero-order valence-corrected chi connectivity index (χ0v) is 21.5. The van der Waals surface area contributed by atoms with E-state index in [1.165, 1.54) is 21.9 Å². The summed E-state index contributed by atoms with van der Waals surface area (Å²) in [6.45, 7) is 4.26. The van der Waals surface area contributed by atoms with Crippen molar-refractivity contribution in [2.24, 2.45) is 0 Å². The molecule has 3 aromatic carbocycles. The van der Waals surface area contributed by atoms with Gasteiger partial charge in [0.05, 0.1) is 29.5 Å². The van der Waals surface area contributed by atoms with Gasteiger partial charge in [0.1, 0.15) is 5.75 Å². The number of benzene rings is 3. The molecule has 6 nitrogen and oxygen atoms in total. The van der Waals surface area contributed by atoms with E-state index in [4.69, 9.17) is 9.72 Å². The highest BCUT2D eigenvalue weighted by atomic mass is 32.2. The van der Waals surface area contributed by atoms with Crippen LogP contribution in [-0.4, -0.2) is 35.2 Å². The molecule has 1 aliphatic rings. The van der Waals surface area contributed by atoms with Crippen LogP contribution in [0.2, 0.25) is 0 Å². The molecule has 0 radical (unpaired) electrons. The maximum absolute atomic E-state index is 13.5. The third-order valence-electron chi connectivity index (χ3n) is 6.65. The number of likely N-dealkylation sites (N-methyl/N-ethyl adjacent to an activating group) is 1. The minimum Gasteiger partial charge on any atom is -0.495 e. The molecule has 1 aliphatic heterocycles. The third kappa shape index (κ3) is 3.99. The van der Waals surface area contributed by atoms with E-state index < -0.39 is 0 Å². The number of fused-ring (bicyclic) bond motifs is 2. The largest absolute Gasteiger partial charge is 0.495 e. The first-order valence-electron chi connectivity index (χ1n) is 11.7. The molecule has 5 rings (SSSR count). The Morgan fingerprint density at radius 3 is 2.42 bits per heavy atom. The molecule has 182 valence electrons. The van der Waals surface area contributed by atoms with Crippen LogP contribution in [0.4, 0.5) is 5.69 Å². The van der Waals surface area contributed by atoms with Crippen LogP contribution in [0.1, 0.15) is 19.4 Å². The van der Waals surface area contributed by atoms with Crippen LogP contribution in [0.15, 0.2) is 94.5 Å². The summed E-state index contributed by atoms with van der Waals surface area (Å²) < 4.78 is 7.06. The van der Waals surface area contributed by atoms with Gasteiger partial charge in [-0.05, 0) is 35.9 Å². The van der Waals surface area contributed by atoms with Crippen molar-refractivity contribution in [1.29, 1.82) is 0 Å². The highest BCUT2D eigenvalue weighted by molar-refractivity contribution is 7.99. The lowest BCUT2D eigenvalue weighted by atomic mass is 9.83. The van der Waals surface area contributed by atoms with Gasteiger partial charge in [-0.25, -0.2) is 4.98 Å². The van der Waals surface area contributed by atoms with Crippen molar-refractivity contribution in [3.05, 3.63) is 100 Å².